The second kappa shape index (κ2) is 4.21. The zero-order valence-corrected chi connectivity index (χ0v) is 8.80. The van der Waals surface area contributed by atoms with Gasteiger partial charge in [0.25, 0.3) is 0 Å². The predicted molar refractivity (Wildman–Crippen MR) is 56.8 cm³/mol. The molecule has 0 bridgehead atoms. The van der Waals surface area contributed by atoms with Crippen LogP contribution in [0.3, 0.4) is 0 Å². The Hall–Kier alpha value is -1.43. The van der Waals surface area contributed by atoms with Crippen LogP contribution in [0.5, 0.6) is 0 Å². The highest BCUT2D eigenvalue weighted by Crippen LogP contribution is 2.26. The standard InChI is InChI=1S/C10H7F2NO2S/c11-5-2-1-3-6(12)8(5)9-13-7(4-16-9)10(14)15/h1-3,7H,4H2,(H,14,15). The quantitative estimate of drug-likeness (QED) is 0.863. The van der Waals surface area contributed by atoms with Crippen molar-refractivity contribution in [1.29, 1.82) is 0 Å². The minimum absolute atomic E-state index is 0.114. The molecule has 1 N–H and O–H groups in total. The molecule has 0 amide bonds. The highest BCUT2D eigenvalue weighted by Gasteiger charge is 2.28. The maximum absolute atomic E-state index is 13.3. The summed E-state index contributed by atoms with van der Waals surface area (Å²) in [5, 5.41) is 8.82. The van der Waals surface area contributed by atoms with Crippen LogP contribution in [-0.4, -0.2) is 27.9 Å². The highest BCUT2D eigenvalue weighted by molar-refractivity contribution is 8.14. The normalized spacial score (nSPS) is 19.6. The number of hydrogen-bond donors (Lipinski definition) is 1. The number of nitrogens with zero attached hydrogens (tertiary/aromatic N) is 1. The van der Waals surface area contributed by atoms with Gasteiger partial charge >= 0.3 is 5.97 Å². The van der Waals surface area contributed by atoms with Crippen LogP contribution in [0.25, 0.3) is 0 Å². The van der Waals surface area contributed by atoms with Crippen LogP contribution >= 0.6 is 11.8 Å². The van der Waals surface area contributed by atoms with Crippen molar-refractivity contribution >= 4 is 22.8 Å². The molecule has 3 nitrogen and oxygen atoms in total. The van der Waals surface area contributed by atoms with E-state index in [-0.39, 0.29) is 16.4 Å². The summed E-state index contributed by atoms with van der Waals surface area (Å²) in [4.78, 5) is 14.4. The molecule has 0 saturated carbocycles. The van der Waals surface area contributed by atoms with Crippen molar-refractivity contribution in [3.8, 4) is 0 Å². The Morgan fingerprint density at radius 1 is 1.44 bits per heavy atom. The van der Waals surface area contributed by atoms with E-state index < -0.39 is 23.6 Å². The molecule has 1 aliphatic rings. The van der Waals surface area contributed by atoms with E-state index >= 15 is 0 Å². The lowest BCUT2D eigenvalue weighted by molar-refractivity contribution is -0.137. The Morgan fingerprint density at radius 2 is 2.06 bits per heavy atom. The lowest BCUT2D eigenvalue weighted by Crippen LogP contribution is -2.17. The van der Waals surface area contributed by atoms with Crippen molar-refractivity contribution in [3.63, 3.8) is 0 Å². The molecule has 0 spiro atoms. The Balaban J connectivity index is 2.39. The van der Waals surface area contributed by atoms with Crippen molar-refractivity contribution in [2.75, 3.05) is 5.75 Å². The summed E-state index contributed by atoms with van der Waals surface area (Å²) in [6.45, 7) is 0. The molecule has 16 heavy (non-hydrogen) atoms. The summed E-state index contributed by atoms with van der Waals surface area (Å²) in [7, 11) is 0. The molecule has 1 unspecified atom stereocenters. The van der Waals surface area contributed by atoms with Gasteiger partial charge in [0.1, 0.15) is 16.7 Å². The number of benzene rings is 1. The lowest BCUT2D eigenvalue weighted by atomic mass is 10.2. The Kier molecular flexibility index (Phi) is 2.91. The number of carboxylic acids is 1. The third kappa shape index (κ3) is 1.92. The minimum atomic E-state index is -1.08. The van der Waals surface area contributed by atoms with Crippen LogP contribution in [0.15, 0.2) is 23.2 Å². The average molecular weight is 243 g/mol. The number of aliphatic imine (C=N–C) groups is 1. The third-order valence-corrected chi connectivity index (χ3v) is 3.18. The van der Waals surface area contributed by atoms with Gasteiger partial charge < -0.3 is 5.11 Å². The van der Waals surface area contributed by atoms with Gasteiger partial charge in [0.05, 0.1) is 5.56 Å². The Labute approximate surface area is 94.2 Å². The van der Waals surface area contributed by atoms with Gasteiger partial charge in [-0.2, -0.15) is 0 Å². The first-order valence-electron chi connectivity index (χ1n) is 4.47. The molecule has 0 radical (unpaired) electrons. The Morgan fingerprint density at radius 3 is 2.56 bits per heavy atom. The summed E-state index contributed by atoms with van der Waals surface area (Å²) in [5.74, 6) is -2.33. The smallest absolute Gasteiger partial charge is 0.329 e. The molecule has 1 atom stereocenters. The van der Waals surface area contributed by atoms with E-state index in [1.165, 1.54) is 6.07 Å². The van der Waals surface area contributed by atoms with E-state index in [0.29, 0.717) is 0 Å². The molecule has 1 aliphatic heterocycles. The highest BCUT2D eigenvalue weighted by atomic mass is 32.2. The van der Waals surface area contributed by atoms with E-state index in [9.17, 15) is 13.6 Å². The van der Waals surface area contributed by atoms with Crippen molar-refractivity contribution in [3.05, 3.63) is 35.4 Å². The zero-order valence-electron chi connectivity index (χ0n) is 7.98. The molecule has 0 saturated heterocycles. The van der Waals surface area contributed by atoms with Gasteiger partial charge in [-0.3, -0.25) is 4.99 Å². The van der Waals surface area contributed by atoms with E-state index in [0.717, 1.165) is 23.9 Å². The van der Waals surface area contributed by atoms with Crippen LogP contribution in [0.2, 0.25) is 0 Å². The van der Waals surface area contributed by atoms with Crippen LogP contribution in [0.1, 0.15) is 5.56 Å². The summed E-state index contributed by atoms with van der Waals surface area (Å²) in [6, 6.07) is 2.58. The number of carboxylic acid groups (broad SMARTS) is 1. The van der Waals surface area contributed by atoms with Gasteiger partial charge in [-0.15, -0.1) is 11.8 Å². The maximum Gasteiger partial charge on any atom is 0.329 e. The van der Waals surface area contributed by atoms with E-state index in [4.69, 9.17) is 5.11 Å². The fraction of sp³-hybridized carbons (Fsp3) is 0.200. The first-order valence-corrected chi connectivity index (χ1v) is 5.46. The zero-order chi connectivity index (χ0) is 11.7. The summed E-state index contributed by atoms with van der Waals surface area (Å²) in [5.41, 5.74) is -0.240. The molecule has 0 fully saturated rings. The van der Waals surface area contributed by atoms with Crippen LogP contribution in [-0.2, 0) is 4.79 Å². The van der Waals surface area contributed by atoms with Crippen molar-refractivity contribution in [2.24, 2.45) is 4.99 Å². The van der Waals surface area contributed by atoms with E-state index in [1.54, 1.807) is 0 Å². The van der Waals surface area contributed by atoms with Crippen LogP contribution in [0, 0.1) is 11.6 Å². The second-order valence-corrected chi connectivity index (χ2v) is 4.20. The van der Waals surface area contributed by atoms with Crippen molar-refractivity contribution in [2.45, 2.75) is 6.04 Å². The van der Waals surface area contributed by atoms with Crippen molar-refractivity contribution < 1.29 is 18.7 Å². The number of halogens is 2. The minimum Gasteiger partial charge on any atom is -0.480 e. The molecular weight excluding hydrogens is 236 g/mol. The predicted octanol–water partition coefficient (Wildman–Crippen LogP) is 1.91. The molecule has 1 heterocycles. The van der Waals surface area contributed by atoms with Crippen LogP contribution < -0.4 is 0 Å². The largest absolute Gasteiger partial charge is 0.480 e. The fourth-order valence-corrected chi connectivity index (χ4v) is 2.41. The van der Waals surface area contributed by atoms with Crippen LogP contribution in [0.4, 0.5) is 8.78 Å². The van der Waals surface area contributed by atoms with E-state index in [1.807, 2.05) is 0 Å². The maximum atomic E-state index is 13.3. The second-order valence-electron chi connectivity index (χ2n) is 3.20. The van der Waals surface area contributed by atoms with E-state index in [2.05, 4.69) is 4.99 Å². The number of hydrogen-bond acceptors (Lipinski definition) is 3. The topological polar surface area (TPSA) is 49.7 Å². The van der Waals surface area contributed by atoms with Gasteiger partial charge in [0.15, 0.2) is 6.04 Å². The first kappa shape index (κ1) is 11.1. The third-order valence-electron chi connectivity index (χ3n) is 2.11. The monoisotopic (exact) mass is 243 g/mol. The molecule has 6 heteroatoms. The molecule has 1 aromatic rings. The number of rotatable bonds is 2. The molecule has 0 aromatic heterocycles. The summed E-state index contributed by atoms with van der Waals surface area (Å²) < 4.78 is 26.7. The van der Waals surface area contributed by atoms with Crippen molar-refractivity contribution in [1.82, 2.24) is 0 Å². The lowest BCUT2D eigenvalue weighted by Gasteiger charge is -2.02. The average Bonchev–Trinajstić information content (AvgIpc) is 2.66. The van der Waals surface area contributed by atoms with Gasteiger partial charge in [-0.25, -0.2) is 13.6 Å². The first-order chi connectivity index (χ1) is 7.59. The molecule has 1 aromatic carbocycles. The number of thioether (sulfide) groups is 1. The summed E-state index contributed by atoms with van der Waals surface area (Å²) in [6.07, 6.45) is 0. The Bertz CT molecular complexity index is 456. The molecular formula is C10H7F2NO2S. The van der Waals surface area contributed by atoms with Gasteiger partial charge in [-0.05, 0) is 12.1 Å². The van der Waals surface area contributed by atoms with Gasteiger partial charge in [0, 0.05) is 5.75 Å². The van der Waals surface area contributed by atoms with Gasteiger partial charge in [-0.1, -0.05) is 6.07 Å². The SMILES string of the molecule is O=C(O)C1CSC(c2c(F)cccc2F)=N1. The summed E-state index contributed by atoms with van der Waals surface area (Å²) >= 11 is 1.05. The molecule has 84 valence electrons. The number of aliphatic carboxylic acids is 1. The van der Waals surface area contributed by atoms with Gasteiger partial charge in [0.2, 0.25) is 0 Å². The number of carbonyl (C=O) groups is 1. The molecule has 0 aliphatic carbocycles. The fourth-order valence-electron chi connectivity index (χ4n) is 1.34. The molecule has 2 rings (SSSR count).